The van der Waals surface area contributed by atoms with Crippen molar-refractivity contribution in [1.29, 1.82) is 0 Å². The fourth-order valence-electron chi connectivity index (χ4n) is 1.69. The van der Waals surface area contributed by atoms with Gasteiger partial charge >= 0.3 is 0 Å². The van der Waals surface area contributed by atoms with Crippen LogP contribution in [0.2, 0.25) is 0 Å². The molecule has 3 nitrogen and oxygen atoms in total. The highest BCUT2D eigenvalue weighted by Crippen LogP contribution is 2.25. The molecule has 4 heteroatoms. The lowest BCUT2D eigenvalue weighted by Gasteiger charge is -2.17. The lowest BCUT2D eigenvalue weighted by Crippen LogP contribution is -2.21. The molecule has 3 unspecified atom stereocenters. The van der Waals surface area contributed by atoms with Crippen molar-refractivity contribution in [3.8, 4) is 0 Å². The van der Waals surface area contributed by atoms with Crippen LogP contribution in [0.3, 0.4) is 0 Å². The minimum absolute atomic E-state index is 0.188. The van der Waals surface area contributed by atoms with Gasteiger partial charge in [-0.3, -0.25) is 4.98 Å². The summed E-state index contributed by atoms with van der Waals surface area (Å²) in [5.41, 5.74) is 1.09. The van der Waals surface area contributed by atoms with Crippen LogP contribution in [-0.2, 0) is 0 Å². The maximum absolute atomic E-state index is 9.48. The molecule has 0 aliphatic carbocycles. The largest absolute Gasteiger partial charge is 0.392 e. The van der Waals surface area contributed by atoms with E-state index < -0.39 is 0 Å². The molecule has 0 aliphatic heterocycles. The van der Waals surface area contributed by atoms with Gasteiger partial charge in [0, 0.05) is 22.4 Å². The van der Waals surface area contributed by atoms with Crippen LogP contribution in [0.15, 0.2) is 23.2 Å². The fraction of sp³-hybridized carbons (Fsp3) is 0.643. The number of aliphatic hydroxyl groups is 1. The summed E-state index contributed by atoms with van der Waals surface area (Å²) in [5.74, 6) is 0. The minimum Gasteiger partial charge on any atom is -0.392 e. The summed E-state index contributed by atoms with van der Waals surface area (Å²) in [6.45, 7) is 9.06. The van der Waals surface area contributed by atoms with Crippen molar-refractivity contribution >= 4 is 11.8 Å². The maximum Gasteiger partial charge on any atom is 0.0631 e. The molecule has 18 heavy (non-hydrogen) atoms. The van der Waals surface area contributed by atoms with E-state index in [0.29, 0.717) is 6.04 Å². The van der Waals surface area contributed by atoms with Gasteiger partial charge in [-0.15, -0.1) is 11.8 Å². The highest BCUT2D eigenvalue weighted by Gasteiger charge is 2.12. The van der Waals surface area contributed by atoms with E-state index in [1.807, 2.05) is 20.0 Å². The Kier molecular flexibility index (Phi) is 6.68. The zero-order chi connectivity index (χ0) is 13.5. The second kappa shape index (κ2) is 7.77. The number of pyridine rings is 1. The van der Waals surface area contributed by atoms with Gasteiger partial charge < -0.3 is 10.4 Å². The van der Waals surface area contributed by atoms with Crippen molar-refractivity contribution in [3.05, 3.63) is 24.0 Å². The van der Waals surface area contributed by atoms with Gasteiger partial charge in [-0.25, -0.2) is 0 Å². The van der Waals surface area contributed by atoms with Crippen LogP contribution in [-0.4, -0.2) is 28.0 Å². The maximum atomic E-state index is 9.48. The van der Waals surface area contributed by atoms with Crippen molar-refractivity contribution in [2.45, 2.75) is 56.4 Å². The van der Waals surface area contributed by atoms with E-state index in [9.17, 15) is 5.11 Å². The monoisotopic (exact) mass is 268 g/mol. The molecule has 0 amide bonds. The Morgan fingerprint density at radius 1 is 1.33 bits per heavy atom. The number of aliphatic hydroxyl groups excluding tert-OH is 1. The summed E-state index contributed by atoms with van der Waals surface area (Å²) in [6, 6.07) is 4.50. The van der Waals surface area contributed by atoms with Gasteiger partial charge in [0.2, 0.25) is 0 Å². The van der Waals surface area contributed by atoms with Crippen LogP contribution in [0.1, 0.15) is 45.9 Å². The molecule has 0 bridgehead atoms. The second-order valence-corrected chi connectivity index (χ2v) is 5.95. The average Bonchev–Trinajstić information content (AvgIpc) is 2.37. The summed E-state index contributed by atoms with van der Waals surface area (Å²) in [7, 11) is 0. The molecule has 0 aromatic carbocycles. The molecule has 0 fully saturated rings. The lowest BCUT2D eigenvalue weighted by molar-refractivity contribution is 0.196. The first-order valence-electron chi connectivity index (χ1n) is 6.62. The van der Waals surface area contributed by atoms with E-state index in [-0.39, 0.29) is 11.4 Å². The molecule has 1 aromatic heterocycles. The predicted molar refractivity (Wildman–Crippen MR) is 77.9 cm³/mol. The van der Waals surface area contributed by atoms with Gasteiger partial charge in [0.15, 0.2) is 0 Å². The predicted octanol–water partition coefficient (Wildman–Crippen LogP) is 3.00. The zero-order valence-electron chi connectivity index (χ0n) is 11.7. The van der Waals surface area contributed by atoms with Crippen LogP contribution in [0.25, 0.3) is 0 Å². The van der Waals surface area contributed by atoms with Crippen LogP contribution in [0.5, 0.6) is 0 Å². The first-order chi connectivity index (χ1) is 8.58. The number of thioether (sulfide) groups is 1. The smallest absolute Gasteiger partial charge is 0.0631 e. The topological polar surface area (TPSA) is 45.1 Å². The summed E-state index contributed by atoms with van der Waals surface area (Å²) in [5, 5.41) is 13.1. The molecule has 0 saturated carbocycles. The van der Waals surface area contributed by atoms with E-state index in [1.54, 1.807) is 11.8 Å². The Morgan fingerprint density at radius 3 is 2.50 bits per heavy atom. The highest BCUT2D eigenvalue weighted by molar-refractivity contribution is 8.00. The van der Waals surface area contributed by atoms with Gasteiger partial charge in [0.25, 0.3) is 0 Å². The Balaban J connectivity index is 2.67. The molecule has 0 saturated heterocycles. The van der Waals surface area contributed by atoms with Gasteiger partial charge in [-0.05, 0) is 32.0 Å². The molecular formula is C14H24N2OS. The van der Waals surface area contributed by atoms with Crippen molar-refractivity contribution in [2.75, 3.05) is 6.54 Å². The summed E-state index contributed by atoms with van der Waals surface area (Å²) in [4.78, 5) is 5.63. The number of aromatic nitrogens is 1. The summed E-state index contributed by atoms with van der Waals surface area (Å²) >= 11 is 1.66. The van der Waals surface area contributed by atoms with Crippen molar-refractivity contribution in [1.82, 2.24) is 10.3 Å². The van der Waals surface area contributed by atoms with Crippen LogP contribution in [0, 0.1) is 0 Å². The quantitative estimate of drug-likeness (QED) is 0.746. The minimum atomic E-state index is -0.306. The molecule has 102 valence electrons. The van der Waals surface area contributed by atoms with Gasteiger partial charge in [-0.2, -0.15) is 0 Å². The molecule has 1 rings (SSSR count). The molecule has 1 heterocycles. The first kappa shape index (κ1) is 15.5. The zero-order valence-corrected chi connectivity index (χ0v) is 12.5. The van der Waals surface area contributed by atoms with Crippen molar-refractivity contribution in [3.63, 3.8) is 0 Å². The average molecular weight is 268 g/mol. The SMILES string of the molecule is CCNC(CC)c1ccc(SC(C)C(C)O)cn1. The standard InChI is InChI=1S/C14H24N2OS/c1-5-13(15-6-2)14-8-7-12(9-16-14)18-11(4)10(3)17/h7-11,13,15,17H,5-6H2,1-4H3. The lowest BCUT2D eigenvalue weighted by atomic mass is 10.1. The Morgan fingerprint density at radius 2 is 2.06 bits per heavy atom. The van der Waals surface area contributed by atoms with Gasteiger partial charge in [0.05, 0.1) is 11.8 Å². The van der Waals surface area contributed by atoms with Gasteiger partial charge in [0.1, 0.15) is 0 Å². The molecule has 1 aromatic rings. The molecule has 0 spiro atoms. The second-order valence-electron chi connectivity index (χ2n) is 4.50. The fourth-order valence-corrected chi connectivity index (χ4v) is 2.57. The van der Waals surface area contributed by atoms with Crippen molar-refractivity contribution in [2.24, 2.45) is 0 Å². The normalized spacial score (nSPS) is 16.3. The molecule has 3 atom stereocenters. The van der Waals surface area contributed by atoms with E-state index in [2.05, 4.69) is 36.3 Å². The van der Waals surface area contributed by atoms with Crippen LogP contribution in [0.4, 0.5) is 0 Å². The third-order valence-electron chi connectivity index (χ3n) is 2.98. The van der Waals surface area contributed by atoms with Crippen molar-refractivity contribution < 1.29 is 5.11 Å². The van der Waals surface area contributed by atoms with Crippen LogP contribution >= 0.6 is 11.8 Å². The Hall–Kier alpha value is -0.580. The van der Waals surface area contributed by atoms with E-state index >= 15 is 0 Å². The number of hydrogen-bond acceptors (Lipinski definition) is 4. The molecular weight excluding hydrogens is 244 g/mol. The van der Waals surface area contributed by atoms with Crippen LogP contribution < -0.4 is 5.32 Å². The first-order valence-corrected chi connectivity index (χ1v) is 7.50. The molecule has 0 aliphatic rings. The Labute approximate surface area is 114 Å². The Bertz CT molecular complexity index is 340. The molecule has 2 N–H and O–H groups in total. The number of nitrogens with one attached hydrogen (secondary N) is 1. The van der Waals surface area contributed by atoms with E-state index in [4.69, 9.17) is 0 Å². The van der Waals surface area contributed by atoms with E-state index in [1.165, 1.54) is 0 Å². The molecule has 0 radical (unpaired) electrons. The highest BCUT2D eigenvalue weighted by atomic mass is 32.2. The van der Waals surface area contributed by atoms with E-state index in [0.717, 1.165) is 23.6 Å². The third-order valence-corrected chi connectivity index (χ3v) is 4.26. The summed E-state index contributed by atoms with van der Waals surface area (Å²) in [6.07, 6.45) is 2.64. The number of nitrogens with zero attached hydrogens (tertiary/aromatic N) is 1. The number of rotatable bonds is 7. The third kappa shape index (κ3) is 4.59. The summed E-state index contributed by atoms with van der Waals surface area (Å²) < 4.78 is 0. The number of hydrogen-bond donors (Lipinski definition) is 2. The van der Waals surface area contributed by atoms with Gasteiger partial charge in [-0.1, -0.05) is 20.8 Å².